The lowest BCUT2D eigenvalue weighted by atomic mass is 9.54. The first-order valence-electron chi connectivity index (χ1n) is 11.0. The van der Waals surface area contributed by atoms with Crippen molar-refractivity contribution in [2.75, 3.05) is 12.4 Å². The number of aromatic nitrogens is 2. The highest BCUT2D eigenvalue weighted by atomic mass is 16.5. The van der Waals surface area contributed by atoms with Crippen molar-refractivity contribution in [1.82, 2.24) is 9.97 Å². The Bertz CT molecular complexity index is 837. The fourth-order valence-corrected chi connectivity index (χ4v) is 6.08. The maximum atomic E-state index is 5.74. The molecular weight excluding hydrogens is 362 g/mol. The van der Waals surface area contributed by atoms with Crippen LogP contribution in [0.15, 0.2) is 30.5 Å². The highest BCUT2D eigenvalue weighted by Crippen LogP contribution is 2.54. The summed E-state index contributed by atoms with van der Waals surface area (Å²) in [5.74, 6) is 5.69. The number of nitrogens with one attached hydrogen (secondary N) is 1. The van der Waals surface area contributed by atoms with Crippen molar-refractivity contribution in [3.63, 3.8) is 0 Å². The minimum Gasteiger partial charge on any atom is -0.491 e. The van der Waals surface area contributed by atoms with Crippen LogP contribution in [0.25, 0.3) is 11.1 Å². The average molecular weight is 394 g/mol. The van der Waals surface area contributed by atoms with Crippen molar-refractivity contribution in [2.24, 2.45) is 23.7 Å². The van der Waals surface area contributed by atoms with E-state index in [0.717, 1.165) is 40.5 Å². The van der Waals surface area contributed by atoms with Crippen molar-refractivity contribution < 1.29 is 9.47 Å². The van der Waals surface area contributed by atoms with Crippen molar-refractivity contribution in [1.29, 1.82) is 0 Å². The number of nitrogens with zero attached hydrogens (tertiary/aromatic N) is 2. The SMILES string of the molecule is COc1nc(NC2C3CC4CC(C3)CC2C4)ncc1-c1ccc(OC(C)C)cc1. The van der Waals surface area contributed by atoms with Crippen LogP contribution >= 0.6 is 0 Å². The molecule has 5 heteroatoms. The molecule has 4 aliphatic rings. The van der Waals surface area contributed by atoms with E-state index in [-0.39, 0.29) is 6.10 Å². The van der Waals surface area contributed by atoms with E-state index in [9.17, 15) is 0 Å². The number of ether oxygens (including phenoxy) is 2. The number of methoxy groups -OCH3 is 1. The number of hydrogen-bond donors (Lipinski definition) is 1. The van der Waals surface area contributed by atoms with Crippen LogP contribution in [0, 0.1) is 23.7 Å². The quantitative estimate of drug-likeness (QED) is 0.733. The molecule has 0 saturated heterocycles. The Morgan fingerprint density at radius 3 is 2.21 bits per heavy atom. The van der Waals surface area contributed by atoms with Gasteiger partial charge in [0.15, 0.2) is 0 Å². The van der Waals surface area contributed by atoms with Crippen LogP contribution in [-0.2, 0) is 0 Å². The van der Waals surface area contributed by atoms with Crippen molar-refractivity contribution in [3.05, 3.63) is 30.5 Å². The standard InChI is InChI=1S/C24H31N3O2/c1-14(2)29-20-6-4-17(5-7-20)21-13-25-24(27-23(21)28-3)26-22-18-9-15-8-16(11-18)12-19(22)10-15/h4-7,13-16,18-19,22H,8-12H2,1-3H3,(H,25,26,27). The van der Waals surface area contributed by atoms with E-state index in [0.29, 0.717) is 17.9 Å². The number of benzene rings is 1. The van der Waals surface area contributed by atoms with Gasteiger partial charge < -0.3 is 14.8 Å². The van der Waals surface area contributed by atoms with E-state index in [1.165, 1.54) is 32.1 Å². The lowest BCUT2D eigenvalue weighted by molar-refractivity contribution is 0.00727. The molecule has 0 atom stereocenters. The largest absolute Gasteiger partial charge is 0.491 e. The monoisotopic (exact) mass is 393 g/mol. The first-order valence-corrected chi connectivity index (χ1v) is 11.0. The first kappa shape index (κ1) is 18.7. The number of hydrogen-bond acceptors (Lipinski definition) is 5. The molecule has 1 aromatic carbocycles. The molecule has 4 fully saturated rings. The molecule has 1 heterocycles. The molecule has 29 heavy (non-hydrogen) atoms. The van der Waals surface area contributed by atoms with Gasteiger partial charge in [0.1, 0.15) is 5.75 Å². The first-order chi connectivity index (χ1) is 14.1. The van der Waals surface area contributed by atoms with E-state index in [4.69, 9.17) is 14.5 Å². The van der Waals surface area contributed by atoms with E-state index < -0.39 is 0 Å². The minimum absolute atomic E-state index is 0.161. The van der Waals surface area contributed by atoms with Gasteiger partial charge in [0.05, 0.1) is 18.8 Å². The lowest BCUT2D eigenvalue weighted by Crippen LogP contribution is -2.51. The van der Waals surface area contributed by atoms with Crippen LogP contribution in [0.2, 0.25) is 0 Å². The lowest BCUT2D eigenvalue weighted by Gasteiger charge is -2.54. The number of rotatable bonds is 6. The molecule has 4 saturated carbocycles. The summed E-state index contributed by atoms with van der Waals surface area (Å²) in [5.41, 5.74) is 1.93. The second-order valence-corrected chi connectivity index (χ2v) is 9.41. The van der Waals surface area contributed by atoms with Crippen molar-refractivity contribution in [3.8, 4) is 22.8 Å². The number of anilines is 1. The Morgan fingerprint density at radius 2 is 1.62 bits per heavy atom. The van der Waals surface area contributed by atoms with Crippen LogP contribution in [0.1, 0.15) is 46.0 Å². The molecule has 1 N–H and O–H groups in total. The zero-order valence-corrected chi connectivity index (χ0v) is 17.6. The van der Waals surface area contributed by atoms with Gasteiger partial charge in [-0.05, 0) is 87.3 Å². The summed E-state index contributed by atoms with van der Waals surface area (Å²) in [6.07, 6.45) is 9.03. The Labute approximate surface area is 173 Å². The molecule has 4 bridgehead atoms. The van der Waals surface area contributed by atoms with Crippen molar-refractivity contribution in [2.45, 2.75) is 58.1 Å². The highest BCUT2D eigenvalue weighted by Gasteiger charge is 2.48. The van der Waals surface area contributed by atoms with Gasteiger partial charge in [-0.3, -0.25) is 0 Å². The predicted octanol–water partition coefficient (Wildman–Crippen LogP) is 5.18. The fourth-order valence-electron chi connectivity index (χ4n) is 6.08. The zero-order valence-electron chi connectivity index (χ0n) is 17.6. The minimum atomic E-state index is 0.161. The van der Waals surface area contributed by atoms with Gasteiger partial charge >= 0.3 is 0 Å². The molecule has 154 valence electrons. The highest BCUT2D eigenvalue weighted by molar-refractivity contribution is 5.69. The molecule has 0 amide bonds. The van der Waals surface area contributed by atoms with E-state index in [2.05, 4.69) is 10.3 Å². The molecule has 0 spiro atoms. The summed E-state index contributed by atoms with van der Waals surface area (Å²) in [6.45, 7) is 4.06. The summed E-state index contributed by atoms with van der Waals surface area (Å²) < 4.78 is 11.4. The van der Waals surface area contributed by atoms with Gasteiger partial charge in [0.25, 0.3) is 0 Å². The van der Waals surface area contributed by atoms with Crippen LogP contribution in [0.4, 0.5) is 5.95 Å². The fraction of sp³-hybridized carbons (Fsp3) is 0.583. The zero-order chi connectivity index (χ0) is 20.0. The average Bonchev–Trinajstić information content (AvgIpc) is 2.70. The third kappa shape index (κ3) is 3.67. The third-order valence-corrected chi connectivity index (χ3v) is 7.01. The van der Waals surface area contributed by atoms with E-state index in [1.54, 1.807) is 7.11 Å². The molecule has 2 aromatic rings. The Morgan fingerprint density at radius 1 is 0.966 bits per heavy atom. The molecule has 5 nitrogen and oxygen atoms in total. The molecule has 4 aliphatic carbocycles. The van der Waals surface area contributed by atoms with Crippen LogP contribution in [0.3, 0.4) is 0 Å². The van der Waals surface area contributed by atoms with Gasteiger partial charge in [-0.1, -0.05) is 12.1 Å². The van der Waals surface area contributed by atoms with Crippen LogP contribution < -0.4 is 14.8 Å². The van der Waals surface area contributed by atoms with E-state index >= 15 is 0 Å². The van der Waals surface area contributed by atoms with Crippen LogP contribution in [0.5, 0.6) is 11.6 Å². The summed E-state index contributed by atoms with van der Waals surface area (Å²) >= 11 is 0. The molecule has 0 radical (unpaired) electrons. The van der Waals surface area contributed by atoms with Gasteiger partial charge in [0, 0.05) is 12.2 Å². The summed E-state index contributed by atoms with van der Waals surface area (Å²) in [7, 11) is 1.68. The van der Waals surface area contributed by atoms with E-state index in [1.807, 2.05) is 44.3 Å². The van der Waals surface area contributed by atoms with Crippen LogP contribution in [-0.4, -0.2) is 29.2 Å². The molecule has 0 unspecified atom stereocenters. The normalized spacial score (nSPS) is 29.9. The molecule has 0 aliphatic heterocycles. The second kappa shape index (κ2) is 7.51. The van der Waals surface area contributed by atoms with Gasteiger partial charge in [-0.25, -0.2) is 4.98 Å². The maximum Gasteiger partial charge on any atom is 0.226 e. The Kier molecular flexibility index (Phi) is 4.84. The summed E-state index contributed by atoms with van der Waals surface area (Å²) in [6, 6.07) is 8.55. The second-order valence-electron chi connectivity index (χ2n) is 9.41. The third-order valence-electron chi connectivity index (χ3n) is 7.01. The molecule has 1 aromatic heterocycles. The van der Waals surface area contributed by atoms with Gasteiger partial charge in [-0.15, -0.1) is 0 Å². The summed E-state index contributed by atoms with van der Waals surface area (Å²) in [5, 5.41) is 3.69. The maximum absolute atomic E-state index is 5.74. The topological polar surface area (TPSA) is 56.3 Å². The molecule has 6 rings (SSSR count). The summed E-state index contributed by atoms with van der Waals surface area (Å²) in [4.78, 5) is 9.37. The smallest absolute Gasteiger partial charge is 0.226 e. The van der Waals surface area contributed by atoms with Gasteiger partial charge in [0.2, 0.25) is 11.8 Å². The Balaban J connectivity index is 1.34. The van der Waals surface area contributed by atoms with Gasteiger partial charge in [-0.2, -0.15) is 4.98 Å². The molecular formula is C24H31N3O2. The Hall–Kier alpha value is -2.30. The predicted molar refractivity (Wildman–Crippen MR) is 114 cm³/mol. The van der Waals surface area contributed by atoms with Crippen molar-refractivity contribution >= 4 is 5.95 Å².